The smallest absolute Gasteiger partial charge is 0.341 e. The van der Waals surface area contributed by atoms with Gasteiger partial charge in [-0.1, -0.05) is 0 Å². The first-order chi connectivity index (χ1) is 8.66. The third kappa shape index (κ3) is 3.00. The number of nitrogens with zero attached hydrogens (tertiary/aromatic N) is 1. The molecule has 0 atom stereocenters. The van der Waals surface area contributed by atoms with Crippen LogP contribution in [0.5, 0.6) is 5.75 Å². The lowest BCUT2D eigenvalue weighted by Crippen LogP contribution is -2.27. The number of aliphatic carboxylic acids is 1. The lowest BCUT2D eigenvalue weighted by molar-refractivity contribution is -0.139. The molecule has 1 N–H and O–H groups in total. The molecule has 5 heteroatoms. The van der Waals surface area contributed by atoms with Crippen molar-refractivity contribution in [1.29, 1.82) is 0 Å². The molecule has 1 aromatic rings. The Kier molecular flexibility index (Phi) is 3.82. The SMILES string of the molecule is O=C(O)COc1ccc(C(=O)N2CCCC2)cc1. The summed E-state index contributed by atoms with van der Waals surface area (Å²) in [5.41, 5.74) is 0.611. The van der Waals surface area contributed by atoms with Crippen LogP contribution in [0.15, 0.2) is 24.3 Å². The van der Waals surface area contributed by atoms with Crippen molar-refractivity contribution in [2.75, 3.05) is 19.7 Å². The van der Waals surface area contributed by atoms with Crippen LogP contribution >= 0.6 is 0 Å². The standard InChI is InChI=1S/C13H15NO4/c15-12(16)9-18-11-5-3-10(4-6-11)13(17)14-7-1-2-8-14/h3-6H,1-2,7-9H2,(H,15,16). The van der Waals surface area contributed by atoms with E-state index in [1.54, 1.807) is 24.3 Å². The van der Waals surface area contributed by atoms with Gasteiger partial charge in [-0.25, -0.2) is 4.79 Å². The van der Waals surface area contributed by atoms with Gasteiger partial charge in [0.05, 0.1) is 0 Å². The van der Waals surface area contributed by atoms with E-state index in [9.17, 15) is 9.59 Å². The summed E-state index contributed by atoms with van der Waals surface area (Å²) in [6.07, 6.45) is 2.12. The third-order valence-electron chi connectivity index (χ3n) is 2.86. The van der Waals surface area contributed by atoms with Crippen LogP contribution in [0.1, 0.15) is 23.2 Å². The summed E-state index contributed by atoms with van der Waals surface area (Å²) in [6, 6.07) is 6.56. The number of rotatable bonds is 4. The largest absolute Gasteiger partial charge is 0.482 e. The maximum absolute atomic E-state index is 12.0. The molecule has 1 heterocycles. The minimum absolute atomic E-state index is 0.0253. The van der Waals surface area contributed by atoms with Crippen molar-refractivity contribution in [3.05, 3.63) is 29.8 Å². The van der Waals surface area contributed by atoms with Crippen LogP contribution < -0.4 is 4.74 Å². The number of likely N-dealkylation sites (tertiary alicyclic amines) is 1. The second kappa shape index (κ2) is 5.53. The molecule has 0 aromatic heterocycles. The van der Waals surface area contributed by atoms with Crippen LogP contribution in [0.25, 0.3) is 0 Å². The molecule has 1 aliphatic heterocycles. The van der Waals surface area contributed by atoms with E-state index in [0.29, 0.717) is 11.3 Å². The monoisotopic (exact) mass is 249 g/mol. The minimum atomic E-state index is -1.02. The van der Waals surface area contributed by atoms with Gasteiger partial charge in [0, 0.05) is 18.7 Å². The van der Waals surface area contributed by atoms with E-state index in [4.69, 9.17) is 9.84 Å². The predicted molar refractivity (Wildman–Crippen MR) is 64.7 cm³/mol. The summed E-state index contributed by atoms with van der Waals surface area (Å²) in [7, 11) is 0. The number of amides is 1. The van der Waals surface area contributed by atoms with E-state index in [1.165, 1.54) is 0 Å². The van der Waals surface area contributed by atoms with E-state index in [0.717, 1.165) is 25.9 Å². The van der Waals surface area contributed by atoms with Gasteiger partial charge in [-0.15, -0.1) is 0 Å². The molecule has 1 amide bonds. The van der Waals surface area contributed by atoms with E-state index < -0.39 is 5.97 Å². The molecule has 0 unspecified atom stereocenters. The Bertz CT molecular complexity index is 435. The zero-order chi connectivity index (χ0) is 13.0. The molecule has 0 radical (unpaired) electrons. The molecule has 1 aliphatic rings. The first-order valence-corrected chi connectivity index (χ1v) is 5.91. The highest BCUT2D eigenvalue weighted by molar-refractivity contribution is 5.94. The Morgan fingerprint density at radius 2 is 1.78 bits per heavy atom. The lowest BCUT2D eigenvalue weighted by Gasteiger charge is -2.15. The van der Waals surface area contributed by atoms with Crippen molar-refractivity contribution >= 4 is 11.9 Å². The highest BCUT2D eigenvalue weighted by Gasteiger charge is 2.19. The van der Waals surface area contributed by atoms with E-state index in [1.807, 2.05) is 4.90 Å². The fourth-order valence-electron chi connectivity index (χ4n) is 1.94. The van der Waals surface area contributed by atoms with Crippen LogP contribution in [0, 0.1) is 0 Å². The number of carboxylic acids is 1. The summed E-state index contributed by atoms with van der Waals surface area (Å²) >= 11 is 0. The number of benzene rings is 1. The average Bonchev–Trinajstić information content (AvgIpc) is 2.90. The second-order valence-electron chi connectivity index (χ2n) is 4.21. The number of hydrogen-bond donors (Lipinski definition) is 1. The molecule has 96 valence electrons. The fraction of sp³-hybridized carbons (Fsp3) is 0.385. The molecule has 0 spiro atoms. The Morgan fingerprint density at radius 1 is 1.17 bits per heavy atom. The van der Waals surface area contributed by atoms with Crippen LogP contribution in [-0.2, 0) is 4.79 Å². The van der Waals surface area contributed by atoms with Gasteiger partial charge in [0.2, 0.25) is 0 Å². The predicted octanol–water partition coefficient (Wildman–Crippen LogP) is 1.39. The average molecular weight is 249 g/mol. The van der Waals surface area contributed by atoms with Crippen molar-refractivity contribution in [3.8, 4) is 5.75 Å². The van der Waals surface area contributed by atoms with Crippen molar-refractivity contribution in [2.45, 2.75) is 12.8 Å². The first kappa shape index (κ1) is 12.4. The lowest BCUT2D eigenvalue weighted by atomic mass is 10.2. The summed E-state index contributed by atoms with van der Waals surface area (Å²) in [5.74, 6) is -0.542. The van der Waals surface area contributed by atoms with Gasteiger partial charge in [0.1, 0.15) is 5.75 Å². The Hall–Kier alpha value is -2.04. The van der Waals surface area contributed by atoms with Gasteiger partial charge in [-0.05, 0) is 37.1 Å². The molecular weight excluding hydrogens is 234 g/mol. The summed E-state index contributed by atoms with van der Waals surface area (Å²) in [5, 5.41) is 8.48. The van der Waals surface area contributed by atoms with E-state index in [2.05, 4.69) is 0 Å². The maximum Gasteiger partial charge on any atom is 0.341 e. The van der Waals surface area contributed by atoms with Crippen LogP contribution in [0.4, 0.5) is 0 Å². The van der Waals surface area contributed by atoms with Gasteiger partial charge in [-0.3, -0.25) is 4.79 Å². The summed E-state index contributed by atoms with van der Waals surface area (Å²) < 4.78 is 5.00. The van der Waals surface area contributed by atoms with Gasteiger partial charge < -0.3 is 14.7 Å². The Labute approximate surface area is 105 Å². The summed E-state index contributed by atoms with van der Waals surface area (Å²) in [4.78, 5) is 24.2. The van der Waals surface area contributed by atoms with Crippen molar-refractivity contribution in [2.24, 2.45) is 0 Å². The first-order valence-electron chi connectivity index (χ1n) is 5.91. The van der Waals surface area contributed by atoms with Crippen LogP contribution in [0.3, 0.4) is 0 Å². The number of carboxylic acid groups (broad SMARTS) is 1. The third-order valence-corrected chi connectivity index (χ3v) is 2.86. The zero-order valence-electron chi connectivity index (χ0n) is 9.96. The molecule has 18 heavy (non-hydrogen) atoms. The Balaban J connectivity index is 1.98. The molecule has 0 aliphatic carbocycles. The molecule has 5 nitrogen and oxygen atoms in total. The summed E-state index contributed by atoms with van der Waals surface area (Å²) in [6.45, 7) is 1.26. The topological polar surface area (TPSA) is 66.8 Å². The van der Waals surface area contributed by atoms with Crippen molar-refractivity contribution in [3.63, 3.8) is 0 Å². The highest BCUT2D eigenvalue weighted by Crippen LogP contribution is 2.16. The Morgan fingerprint density at radius 3 is 2.33 bits per heavy atom. The molecule has 1 saturated heterocycles. The number of ether oxygens (including phenoxy) is 1. The molecule has 1 aromatic carbocycles. The van der Waals surface area contributed by atoms with Crippen molar-refractivity contribution < 1.29 is 19.4 Å². The van der Waals surface area contributed by atoms with Crippen LogP contribution in [-0.4, -0.2) is 41.6 Å². The van der Waals surface area contributed by atoms with Gasteiger partial charge in [0.15, 0.2) is 6.61 Å². The van der Waals surface area contributed by atoms with Gasteiger partial charge >= 0.3 is 5.97 Å². The maximum atomic E-state index is 12.0. The van der Waals surface area contributed by atoms with Crippen LogP contribution in [0.2, 0.25) is 0 Å². The number of carbonyl (C=O) groups is 2. The quantitative estimate of drug-likeness (QED) is 0.875. The molecular formula is C13H15NO4. The zero-order valence-corrected chi connectivity index (χ0v) is 9.96. The van der Waals surface area contributed by atoms with Crippen molar-refractivity contribution in [1.82, 2.24) is 4.90 Å². The highest BCUT2D eigenvalue weighted by atomic mass is 16.5. The van der Waals surface area contributed by atoms with Gasteiger partial charge in [0.25, 0.3) is 5.91 Å². The van der Waals surface area contributed by atoms with E-state index in [-0.39, 0.29) is 12.5 Å². The van der Waals surface area contributed by atoms with E-state index >= 15 is 0 Å². The van der Waals surface area contributed by atoms with Gasteiger partial charge in [-0.2, -0.15) is 0 Å². The fourth-order valence-corrected chi connectivity index (χ4v) is 1.94. The second-order valence-corrected chi connectivity index (χ2v) is 4.21. The molecule has 2 rings (SSSR count). The molecule has 1 fully saturated rings. The number of carbonyl (C=O) groups excluding carboxylic acids is 1. The molecule has 0 bridgehead atoms. The molecule has 0 saturated carbocycles. The normalized spacial score (nSPS) is 14.6. The number of hydrogen-bond acceptors (Lipinski definition) is 3. The minimum Gasteiger partial charge on any atom is -0.482 e.